The van der Waals surface area contributed by atoms with Gasteiger partial charge in [0.1, 0.15) is 11.8 Å². The van der Waals surface area contributed by atoms with E-state index < -0.39 is 0 Å². The highest BCUT2D eigenvalue weighted by atomic mass is 32.1. The number of thiophene rings is 1. The molecule has 100 valence electrons. The molecule has 3 rings (SSSR count). The second-order valence-electron chi connectivity index (χ2n) is 4.36. The second kappa shape index (κ2) is 5.50. The lowest BCUT2D eigenvalue weighted by Crippen LogP contribution is -2.33. The van der Waals surface area contributed by atoms with E-state index >= 15 is 0 Å². The number of aromatic nitrogens is 3. The van der Waals surface area contributed by atoms with E-state index in [1.807, 2.05) is 23.0 Å². The van der Waals surface area contributed by atoms with Gasteiger partial charge in [-0.2, -0.15) is 11.3 Å². The van der Waals surface area contributed by atoms with Crippen LogP contribution in [0.4, 0.5) is 0 Å². The highest BCUT2D eigenvalue weighted by molar-refractivity contribution is 7.08. The molecular formula is C12H14N4O2S. The van der Waals surface area contributed by atoms with E-state index in [4.69, 9.17) is 4.74 Å². The van der Waals surface area contributed by atoms with E-state index in [2.05, 4.69) is 15.6 Å². The largest absolute Gasteiger partial charge is 0.368 e. The van der Waals surface area contributed by atoms with Crippen molar-refractivity contribution in [3.63, 3.8) is 0 Å². The van der Waals surface area contributed by atoms with Gasteiger partial charge in [0.25, 0.3) is 0 Å². The number of rotatable bonds is 4. The second-order valence-corrected chi connectivity index (χ2v) is 5.14. The van der Waals surface area contributed by atoms with Gasteiger partial charge >= 0.3 is 0 Å². The van der Waals surface area contributed by atoms with E-state index in [1.54, 1.807) is 16.0 Å². The van der Waals surface area contributed by atoms with Crippen LogP contribution in [0.1, 0.15) is 18.5 Å². The van der Waals surface area contributed by atoms with Crippen LogP contribution in [-0.4, -0.2) is 33.6 Å². The highest BCUT2D eigenvalue weighted by Gasteiger charge is 2.23. The fraction of sp³-hybridized carbons (Fsp3) is 0.417. The molecule has 1 fully saturated rings. The van der Waals surface area contributed by atoms with Gasteiger partial charge in [0.05, 0.1) is 18.4 Å². The molecule has 2 aromatic rings. The molecule has 0 spiro atoms. The van der Waals surface area contributed by atoms with Crippen LogP contribution >= 0.6 is 11.3 Å². The molecule has 2 aromatic heterocycles. The summed E-state index contributed by atoms with van der Waals surface area (Å²) in [6.45, 7) is 1.05. The zero-order chi connectivity index (χ0) is 13.1. The minimum atomic E-state index is -0.299. The lowest BCUT2D eigenvalue weighted by molar-refractivity contribution is -0.130. The monoisotopic (exact) mass is 278 g/mol. The maximum Gasteiger partial charge on any atom is 0.249 e. The van der Waals surface area contributed by atoms with E-state index in [0.717, 1.165) is 24.2 Å². The fourth-order valence-corrected chi connectivity index (χ4v) is 2.59. The standard InChI is InChI=1S/C12H14N4O2S/c17-12(11-2-1-4-18-11)13-6-9-7-16(15-14-9)10-3-5-19-8-10/h3,5,7-8,11H,1-2,4,6H2,(H,13,17)/t11-/m1/s1. The zero-order valence-electron chi connectivity index (χ0n) is 10.3. The molecule has 19 heavy (non-hydrogen) atoms. The van der Waals surface area contributed by atoms with Crippen molar-refractivity contribution in [2.24, 2.45) is 0 Å². The summed E-state index contributed by atoms with van der Waals surface area (Å²) in [5.74, 6) is -0.0671. The van der Waals surface area contributed by atoms with Crippen molar-refractivity contribution in [3.05, 3.63) is 28.7 Å². The third kappa shape index (κ3) is 2.82. The predicted molar refractivity (Wildman–Crippen MR) is 70.1 cm³/mol. The summed E-state index contributed by atoms with van der Waals surface area (Å²) in [6.07, 6.45) is 3.27. The lowest BCUT2D eigenvalue weighted by Gasteiger charge is -2.08. The Hall–Kier alpha value is -1.73. The predicted octanol–water partition coefficient (Wildman–Crippen LogP) is 1.12. The lowest BCUT2D eigenvalue weighted by atomic mass is 10.2. The first-order chi connectivity index (χ1) is 9.33. The summed E-state index contributed by atoms with van der Waals surface area (Å²) in [6, 6.07) is 1.97. The first kappa shape index (κ1) is 12.3. The summed E-state index contributed by atoms with van der Waals surface area (Å²) in [5, 5.41) is 14.9. The Morgan fingerprint density at radius 3 is 3.32 bits per heavy atom. The molecule has 0 saturated carbocycles. The smallest absolute Gasteiger partial charge is 0.249 e. The van der Waals surface area contributed by atoms with Crippen LogP contribution in [-0.2, 0) is 16.1 Å². The average molecular weight is 278 g/mol. The van der Waals surface area contributed by atoms with Gasteiger partial charge in [-0.25, -0.2) is 4.68 Å². The Kier molecular flexibility index (Phi) is 3.56. The van der Waals surface area contributed by atoms with Crippen molar-refractivity contribution < 1.29 is 9.53 Å². The van der Waals surface area contributed by atoms with Crippen LogP contribution in [0.15, 0.2) is 23.0 Å². The molecule has 1 aliphatic rings. The third-order valence-corrected chi connectivity index (χ3v) is 3.65. The Morgan fingerprint density at radius 1 is 1.63 bits per heavy atom. The van der Waals surface area contributed by atoms with Gasteiger partial charge in [-0.3, -0.25) is 4.79 Å². The van der Waals surface area contributed by atoms with Crippen LogP contribution in [0, 0.1) is 0 Å². The Bertz CT molecular complexity index is 546. The molecule has 1 N–H and O–H groups in total. The molecule has 0 unspecified atom stereocenters. The van der Waals surface area contributed by atoms with Crippen molar-refractivity contribution in [2.45, 2.75) is 25.5 Å². The summed E-state index contributed by atoms with van der Waals surface area (Å²) >= 11 is 1.60. The molecule has 3 heterocycles. The molecule has 0 radical (unpaired) electrons. The number of ether oxygens (including phenoxy) is 1. The molecule has 6 nitrogen and oxygen atoms in total. The third-order valence-electron chi connectivity index (χ3n) is 2.98. The van der Waals surface area contributed by atoms with Gasteiger partial charge in [-0.1, -0.05) is 5.21 Å². The summed E-state index contributed by atoms with van der Waals surface area (Å²) in [7, 11) is 0. The van der Waals surface area contributed by atoms with Gasteiger partial charge < -0.3 is 10.1 Å². The quantitative estimate of drug-likeness (QED) is 0.910. The van der Waals surface area contributed by atoms with Crippen molar-refractivity contribution in [3.8, 4) is 5.69 Å². The van der Waals surface area contributed by atoms with Crippen molar-refractivity contribution >= 4 is 17.2 Å². The van der Waals surface area contributed by atoms with Crippen molar-refractivity contribution in [1.82, 2.24) is 20.3 Å². The Morgan fingerprint density at radius 2 is 2.58 bits per heavy atom. The fourth-order valence-electron chi connectivity index (χ4n) is 1.97. The summed E-state index contributed by atoms with van der Waals surface area (Å²) < 4.78 is 7.01. The van der Waals surface area contributed by atoms with Crippen LogP contribution in [0.3, 0.4) is 0 Å². The SMILES string of the molecule is O=C(NCc1cn(-c2ccsc2)nn1)[C@H]1CCCO1. The summed E-state index contributed by atoms with van der Waals surface area (Å²) in [5.41, 5.74) is 1.71. The minimum Gasteiger partial charge on any atom is -0.368 e. The van der Waals surface area contributed by atoms with Gasteiger partial charge in [0.2, 0.25) is 5.91 Å². The first-order valence-electron chi connectivity index (χ1n) is 6.16. The van der Waals surface area contributed by atoms with Crippen LogP contribution in [0.5, 0.6) is 0 Å². The van der Waals surface area contributed by atoms with E-state index in [9.17, 15) is 4.79 Å². The number of hydrogen-bond acceptors (Lipinski definition) is 5. The maximum atomic E-state index is 11.8. The number of hydrogen-bond donors (Lipinski definition) is 1. The number of amides is 1. The van der Waals surface area contributed by atoms with Crippen LogP contribution in [0.25, 0.3) is 5.69 Å². The van der Waals surface area contributed by atoms with Gasteiger partial charge in [0.15, 0.2) is 0 Å². The topological polar surface area (TPSA) is 69.0 Å². The number of carbonyl (C=O) groups excluding carboxylic acids is 1. The highest BCUT2D eigenvalue weighted by Crippen LogP contribution is 2.13. The molecule has 1 atom stereocenters. The molecule has 1 aliphatic heterocycles. The molecule has 0 aromatic carbocycles. The molecule has 0 aliphatic carbocycles. The van der Waals surface area contributed by atoms with Crippen LogP contribution in [0.2, 0.25) is 0 Å². The van der Waals surface area contributed by atoms with E-state index in [1.165, 1.54) is 0 Å². The van der Waals surface area contributed by atoms with Crippen molar-refractivity contribution in [1.29, 1.82) is 0 Å². The van der Waals surface area contributed by atoms with E-state index in [0.29, 0.717) is 13.2 Å². The van der Waals surface area contributed by atoms with E-state index in [-0.39, 0.29) is 12.0 Å². The van der Waals surface area contributed by atoms with Gasteiger partial charge in [-0.05, 0) is 24.3 Å². The zero-order valence-corrected chi connectivity index (χ0v) is 11.1. The first-order valence-corrected chi connectivity index (χ1v) is 7.10. The normalized spacial score (nSPS) is 18.6. The average Bonchev–Trinajstić information content (AvgIpc) is 3.14. The minimum absolute atomic E-state index is 0.0671. The number of nitrogens with one attached hydrogen (secondary N) is 1. The van der Waals surface area contributed by atoms with Crippen LogP contribution < -0.4 is 5.32 Å². The molecular weight excluding hydrogens is 264 g/mol. The molecule has 0 bridgehead atoms. The Labute approximate surface area is 114 Å². The maximum absolute atomic E-state index is 11.8. The Balaban J connectivity index is 1.57. The summed E-state index contributed by atoms with van der Waals surface area (Å²) in [4.78, 5) is 11.8. The van der Waals surface area contributed by atoms with Gasteiger partial charge in [0, 0.05) is 12.0 Å². The molecule has 7 heteroatoms. The van der Waals surface area contributed by atoms with Gasteiger partial charge in [-0.15, -0.1) is 5.10 Å². The molecule has 1 amide bonds. The van der Waals surface area contributed by atoms with Crippen molar-refractivity contribution in [2.75, 3.05) is 6.61 Å². The number of nitrogens with zero attached hydrogens (tertiary/aromatic N) is 3. The molecule has 1 saturated heterocycles. The number of carbonyl (C=O) groups is 1.